The molecule has 1 amide bonds. The lowest BCUT2D eigenvalue weighted by Crippen LogP contribution is -2.37. The van der Waals surface area contributed by atoms with Crippen LogP contribution in [0.5, 0.6) is 6.01 Å². The van der Waals surface area contributed by atoms with E-state index in [0.717, 1.165) is 6.42 Å². The fraction of sp³-hybridized carbons (Fsp3) is 0.667. The van der Waals surface area contributed by atoms with Gasteiger partial charge in [0, 0.05) is 13.1 Å². The average molecular weight is 295 g/mol. The van der Waals surface area contributed by atoms with Crippen molar-refractivity contribution in [3.8, 4) is 6.01 Å². The van der Waals surface area contributed by atoms with Gasteiger partial charge in [0.05, 0.1) is 12.0 Å². The molecule has 116 valence electrons. The Morgan fingerprint density at radius 1 is 1.48 bits per heavy atom. The number of nitrogens with zero attached hydrogens (tertiary/aromatic N) is 4. The van der Waals surface area contributed by atoms with Crippen LogP contribution in [0.15, 0.2) is 0 Å². The summed E-state index contributed by atoms with van der Waals surface area (Å²) in [6.07, 6.45) is 1.50. The first-order valence-electron chi connectivity index (χ1n) is 6.89. The van der Waals surface area contributed by atoms with Crippen LogP contribution >= 0.6 is 0 Å². The van der Waals surface area contributed by atoms with Crippen LogP contribution < -0.4 is 26.6 Å². The second-order valence-corrected chi connectivity index (χ2v) is 5.33. The molecule has 1 saturated heterocycles. The van der Waals surface area contributed by atoms with Crippen LogP contribution in [0.3, 0.4) is 0 Å². The van der Waals surface area contributed by atoms with Crippen molar-refractivity contribution in [1.82, 2.24) is 15.0 Å². The first kappa shape index (κ1) is 15.2. The van der Waals surface area contributed by atoms with Gasteiger partial charge < -0.3 is 15.4 Å². The molecule has 0 spiro atoms. The summed E-state index contributed by atoms with van der Waals surface area (Å²) in [4.78, 5) is 25.9. The van der Waals surface area contributed by atoms with Crippen LogP contribution in [0, 0.1) is 5.41 Å². The van der Waals surface area contributed by atoms with Crippen molar-refractivity contribution in [1.29, 1.82) is 0 Å². The number of nitrogens with one attached hydrogen (secondary N) is 1. The number of carbonyl (C=O) groups is 1. The van der Waals surface area contributed by atoms with Gasteiger partial charge in [-0.1, -0.05) is 6.92 Å². The topological polar surface area (TPSA) is 132 Å². The van der Waals surface area contributed by atoms with Gasteiger partial charge in [0.15, 0.2) is 0 Å². The SMILES string of the molecule is CCCOc1nc(NN)nc(N2CCC(C)(C(N)=O)C2)n1. The second-order valence-electron chi connectivity index (χ2n) is 5.33. The second kappa shape index (κ2) is 6.08. The summed E-state index contributed by atoms with van der Waals surface area (Å²) in [6.45, 7) is 5.44. The minimum Gasteiger partial charge on any atom is -0.463 e. The summed E-state index contributed by atoms with van der Waals surface area (Å²) in [7, 11) is 0. The summed E-state index contributed by atoms with van der Waals surface area (Å²) in [5.74, 6) is 5.69. The van der Waals surface area contributed by atoms with Crippen molar-refractivity contribution in [2.24, 2.45) is 17.0 Å². The van der Waals surface area contributed by atoms with E-state index in [1.54, 1.807) is 0 Å². The van der Waals surface area contributed by atoms with E-state index in [1.165, 1.54) is 0 Å². The van der Waals surface area contributed by atoms with E-state index >= 15 is 0 Å². The zero-order valence-electron chi connectivity index (χ0n) is 12.3. The molecule has 1 aliphatic heterocycles. The number of nitrogens with two attached hydrogens (primary N) is 2. The van der Waals surface area contributed by atoms with Crippen molar-refractivity contribution < 1.29 is 9.53 Å². The summed E-state index contributed by atoms with van der Waals surface area (Å²) in [6, 6.07) is 0.211. The van der Waals surface area contributed by atoms with Crippen LogP contribution in [0.2, 0.25) is 0 Å². The van der Waals surface area contributed by atoms with Gasteiger partial charge in [0.2, 0.25) is 17.8 Å². The molecule has 9 heteroatoms. The smallest absolute Gasteiger partial charge is 0.323 e. The molecule has 0 saturated carbocycles. The van der Waals surface area contributed by atoms with Gasteiger partial charge in [0.1, 0.15) is 0 Å². The van der Waals surface area contributed by atoms with Gasteiger partial charge in [-0.05, 0) is 19.8 Å². The van der Waals surface area contributed by atoms with E-state index in [4.69, 9.17) is 16.3 Å². The average Bonchev–Trinajstić information content (AvgIpc) is 2.89. The molecule has 2 heterocycles. The number of hydrazine groups is 1. The summed E-state index contributed by atoms with van der Waals surface area (Å²) in [5.41, 5.74) is 7.26. The third kappa shape index (κ3) is 3.30. The largest absolute Gasteiger partial charge is 0.463 e. The quantitative estimate of drug-likeness (QED) is 0.479. The Labute approximate surface area is 123 Å². The summed E-state index contributed by atoms with van der Waals surface area (Å²) in [5, 5.41) is 0. The first-order chi connectivity index (χ1) is 9.98. The first-order valence-corrected chi connectivity index (χ1v) is 6.89. The maximum Gasteiger partial charge on any atom is 0.323 e. The van der Waals surface area contributed by atoms with Crippen LogP contribution in [0.1, 0.15) is 26.7 Å². The molecule has 5 N–H and O–H groups in total. The lowest BCUT2D eigenvalue weighted by atomic mass is 9.89. The Morgan fingerprint density at radius 3 is 2.81 bits per heavy atom. The van der Waals surface area contributed by atoms with E-state index in [0.29, 0.717) is 32.1 Å². The molecule has 1 aliphatic rings. The number of nitrogen functional groups attached to an aromatic ring is 1. The normalized spacial score (nSPS) is 21.4. The molecule has 0 aliphatic carbocycles. The third-order valence-corrected chi connectivity index (χ3v) is 3.52. The Bertz CT molecular complexity index is 524. The number of rotatable bonds is 6. The van der Waals surface area contributed by atoms with Gasteiger partial charge >= 0.3 is 6.01 Å². The highest BCUT2D eigenvalue weighted by Gasteiger charge is 2.40. The highest BCUT2D eigenvalue weighted by molar-refractivity contribution is 5.81. The van der Waals surface area contributed by atoms with Crippen molar-refractivity contribution in [3.63, 3.8) is 0 Å². The molecule has 9 nitrogen and oxygen atoms in total. The maximum absolute atomic E-state index is 11.5. The van der Waals surface area contributed by atoms with E-state index in [-0.39, 0.29) is 17.9 Å². The standard InChI is InChI=1S/C12H21N7O2/c1-3-6-21-11-16-9(18-14)15-10(17-11)19-5-4-12(2,7-19)8(13)20/h3-7,14H2,1-2H3,(H2,13,20)(H,15,16,17,18). The van der Waals surface area contributed by atoms with Crippen LogP contribution in [-0.4, -0.2) is 40.6 Å². The predicted octanol–water partition coefficient (Wildman–Crippen LogP) is -0.352. The number of primary amides is 1. The molecule has 0 radical (unpaired) electrons. The van der Waals surface area contributed by atoms with E-state index in [1.807, 2.05) is 18.7 Å². The molecule has 1 aromatic rings. The number of ether oxygens (including phenoxy) is 1. The molecule has 21 heavy (non-hydrogen) atoms. The minimum absolute atomic E-state index is 0.211. The predicted molar refractivity (Wildman–Crippen MR) is 77.6 cm³/mol. The number of hydrogen-bond acceptors (Lipinski definition) is 8. The summed E-state index contributed by atoms with van der Waals surface area (Å²) < 4.78 is 5.42. The molecule has 1 aromatic heterocycles. The van der Waals surface area contributed by atoms with Crippen LogP contribution in [0.4, 0.5) is 11.9 Å². The number of anilines is 2. The highest BCUT2D eigenvalue weighted by Crippen LogP contribution is 2.32. The zero-order valence-corrected chi connectivity index (χ0v) is 12.3. The van der Waals surface area contributed by atoms with Gasteiger partial charge in [-0.25, -0.2) is 5.84 Å². The lowest BCUT2D eigenvalue weighted by Gasteiger charge is -2.21. The number of amides is 1. The maximum atomic E-state index is 11.5. The van der Waals surface area contributed by atoms with Crippen molar-refractivity contribution >= 4 is 17.8 Å². The van der Waals surface area contributed by atoms with Crippen molar-refractivity contribution in [3.05, 3.63) is 0 Å². The number of aromatic nitrogens is 3. The molecule has 0 aromatic carbocycles. The van der Waals surface area contributed by atoms with Crippen LogP contribution in [-0.2, 0) is 4.79 Å². The lowest BCUT2D eigenvalue weighted by molar-refractivity contribution is -0.125. The monoisotopic (exact) mass is 295 g/mol. The van der Waals surface area contributed by atoms with E-state index < -0.39 is 5.41 Å². The molecule has 0 bridgehead atoms. The molecular formula is C12H21N7O2. The van der Waals surface area contributed by atoms with Gasteiger partial charge in [-0.2, -0.15) is 15.0 Å². The van der Waals surface area contributed by atoms with Gasteiger partial charge in [-0.3, -0.25) is 10.2 Å². The molecular weight excluding hydrogens is 274 g/mol. The Hall–Kier alpha value is -2.16. The fourth-order valence-electron chi connectivity index (χ4n) is 2.14. The van der Waals surface area contributed by atoms with Crippen LogP contribution in [0.25, 0.3) is 0 Å². The molecule has 1 atom stereocenters. The fourth-order valence-corrected chi connectivity index (χ4v) is 2.14. The highest BCUT2D eigenvalue weighted by atomic mass is 16.5. The molecule has 1 unspecified atom stereocenters. The summed E-state index contributed by atoms with van der Waals surface area (Å²) >= 11 is 0. The van der Waals surface area contributed by atoms with E-state index in [9.17, 15) is 4.79 Å². The van der Waals surface area contributed by atoms with E-state index in [2.05, 4.69) is 20.4 Å². The number of carbonyl (C=O) groups excluding carboxylic acids is 1. The van der Waals surface area contributed by atoms with Crippen molar-refractivity contribution in [2.45, 2.75) is 26.7 Å². The van der Waals surface area contributed by atoms with Gasteiger partial charge in [0.25, 0.3) is 0 Å². The Kier molecular flexibility index (Phi) is 4.41. The zero-order chi connectivity index (χ0) is 15.5. The molecule has 1 fully saturated rings. The van der Waals surface area contributed by atoms with Crippen molar-refractivity contribution in [2.75, 3.05) is 30.0 Å². The number of hydrogen-bond donors (Lipinski definition) is 3. The minimum atomic E-state index is -0.576. The van der Waals surface area contributed by atoms with Gasteiger partial charge in [-0.15, -0.1) is 0 Å². The molecule has 2 rings (SSSR count). The Morgan fingerprint density at radius 2 is 2.24 bits per heavy atom. The Balaban J connectivity index is 2.21. The third-order valence-electron chi connectivity index (χ3n) is 3.52.